The topological polar surface area (TPSA) is 73.9 Å². The molecule has 120 valence electrons. The van der Waals surface area contributed by atoms with Crippen molar-refractivity contribution in [2.45, 2.75) is 0 Å². The van der Waals surface area contributed by atoms with Crippen LogP contribution in [0.4, 0.5) is 9.18 Å². The summed E-state index contributed by atoms with van der Waals surface area (Å²) in [5, 5.41) is 2.22. The molecule has 0 unspecified atom stereocenters. The Morgan fingerprint density at radius 2 is 1.65 bits per heavy atom. The molecule has 1 amide bonds. The first kappa shape index (κ1) is 16.3. The van der Waals surface area contributed by atoms with Crippen molar-refractivity contribution in [3.05, 3.63) is 60.4 Å². The number of carbonyl (C=O) groups excluding carboxylic acids is 2. The lowest BCUT2D eigenvalue weighted by Crippen LogP contribution is -2.31. The second kappa shape index (κ2) is 8.38. The van der Waals surface area contributed by atoms with Crippen LogP contribution in [0.25, 0.3) is 0 Å². The van der Waals surface area contributed by atoms with Crippen molar-refractivity contribution in [2.24, 2.45) is 0 Å². The molecule has 0 aliphatic carbocycles. The predicted molar refractivity (Wildman–Crippen MR) is 78.5 cm³/mol. The molecule has 2 rings (SSSR count). The lowest BCUT2D eigenvalue weighted by atomic mass is 10.3. The van der Waals surface area contributed by atoms with Crippen LogP contribution in [0, 0.1) is 5.82 Å². The maximum Gasteiger partial charge on any atom is 0.415 e. The zero-order chi connectivity index (χ0) is 16.5. The average Bonchev–Trinajstić information content (AvgIpc) is 2.56. The maximum atomic E-state index is 12.7. The summed E-state index contributed by atoms with van der Waals surface area (Å²) in [6.07, 6.45) is -0.826. The second-order valence-electron chi connectivity index (χ2n) is 4.28. The molecule has 23 heavy (non-hydrogen) atoms. The highest BCUT2D eigenvalue weighted by atomic mass is 19.1. The highest BCUT2D eigenvalue weighted by Gasteiger charge is 2.07. The summed E-state index contributed by atoms with van der Waals surface area (Å²) >= 11 is 0. The van der Waals surface area contributed by atoms with Gasteiger partial charge in [-0.15, -0.1) is 0 Å². The Morgan fingerprint density at radius 1 is 0.957 bits per heavy atom. The van der Waals surface area contributed by atoms with Gasteiger partial charge in [-0.1, -0.05) is 18.2 Å². The Morgan fingerprint density at radius 3 is 2.35 bits per heavy atom. The van der Waals surface area contributed by atoms with Crippen LogP contribution in [0.1, 0.15) is 0 Å². The van der Waals surface area contributed by atoms with Crippen LogP contribution in [0.2, 0.25) is 0 Å². The molecule has 7 heteroatoms. The number of carbonyl (C=O) groups is 2. The van der Waals surface area contributed by atoms with Crippen molar-refractivity contribution in [3.63, 3.8) is 0 Å². The van der Waals surface area contributed by atoms with Gasteiger partial charge in [0, 0.05) is 0 Å². The van der Waals surface area contributed by atoms with Crippen molar-refractivity contribution in [1.82, 2.24) is 5.32 Å². The number of benzene rings is 2. The molecule has 0 atom stereocenters. The monoisotopic (exact) mass is 319 g/mol. The van der Waals surface area contributed by atoms with Crippen LogP contribution in [0.15, 0.2) is 54.6 Å². The number of halogens is 1. The molecule has 0 aromatic heterocycles. The fraction of sp³-hybridized carbons (Fsp3) is 0.125. The third kappa shape index (κ3) is 6.04. The molecule has 0 aliphatic heterocycles. The first-order chi connectivity index (χ1) is 11.1. The van der Waals surface area contributed by atoms with Gasteiger partial charge in [0.05, 0.1) is 0 Å². The highest BCUT2D eigenvalue weighted by Crippen LogP contribution is 2.11. The van der Waals surface area contributed by atoms with Crippen LogP contribution < -0.4 is 14.8 Å². The number of nitrogens with one attached hydrogen (secondary N) is 1. The highest BCUT2D eigenvalue weighted by molar-refractivity contribution is 5.72. The molecule has 0 saturated heterocycles. The van der Waals surface area contributed by atoms with Crippen molar-refractivity contribution >= 4 is 12.1 Å². The molecular formula is C16H14FNO5. The lowest BCUT2D eigenvalue weighted by molar-refractivity contribution is -0.146. The zero-order valence-corrected chi connectivity index (χ0v) is 12.0. The number of para-hydroxylation sites is 1. The number of amides is 1. The molecule has 0 spiro atoms. The molecule has 1 N–H and O–H groups in total. The molecule has 2 aromatic carbocycles. The Labute approximate surface area is 131 Å². The Kier molecular flexibility index (Phi) is 5.93. The molecule has 2 aromatic rings. The molecule has 0 radical (unpaired) electrons. The van der Waals surface area contributed by atoms with Crippen LogP contribution >= 0.6 is 0 Å². The van der Waals surface area contributed by atoms with Crippen molar-refractivity contribution in [1.29, 1.82) is 0 Å². The molecule has 0 saturated carbocycles. The summed E-state index contributed by atoms with van der Waals surface area (Å²) in [5.74, 6) is -0.378. The summed E-state index contributed by atoms with van der Waals surface area (Å²) in [6.45, 7) is -0.643. The standard InChI is InChI=1S/C16H14FNO5/c17-12-6-8-14(9-7-12)23-16(20)18-11-22-15(19)10-21-13-4-2-1-3-5-13/h1-9H,10-11H2,(H,18,20). The minimum absolute atomic E-state index is 0.169. The van der Waals surface area contributed by atoms with Crippen LogP contribution in [0.5, 0.6) is 11.5 Å². The van der Waals surface area contributed by atoms with Crippen molar-refractivity contribution < 1.29 is 28.2 Å². The maximum absolute atomic E-state index is 12.7. The van der Waals surface area contributed by atoms with Gasteiger partial charge < -0.3 is 14.2 Å². The van der Waals surface area contributed by atoms with Gasteiger partial charge in [0.1, 0.15) is 17.3 Å². The summed E-state index contributed by atoms with van der Waals surface area (Å²) < 4.78 is 27.5. The quantitative estimate of drug-likeness (QED) is 0.654. The van der Waals surface area contributed by atoms with Gasteiger partial charge >= 0.3 is 12.1 Å². The smallest absolute Gasteiger partial charge is 0.415 e. The van der Waals surface area contributed by atoms with E-state index in [1.807, 2.05) is 6.07 Å². The molecule has 0 heterocycles. The SMILES string of the molecule is O=C(COc1ccccc1)OCNC(=O)Oc1ccc(F)cc1. The summed E-state index contributed by atoms with van der Waals surface area (Å²) in [7, 11) is 0. The van der Waals surface area contributed by atoms with Gasteiger partial charge in [0.2, 0.25) is 0 Å². The van der Waals surface area contributed by atoms with Crippen LogP contribution in [-0.2, 0) is 9.53 Å². The zero-order valence-electron chi connectivity index (χ0n) is 12.0. The summed E-state index contributed by atoms with van der Waals surface area (Å²) in [4.78, 5) is 22.8. The summed E-state index contributed by atoms with van der Waals surface area (Å²) in [6, 6.07) is 13.7. The second-order valence-corrected chi connectivity index (χ2v) is 4.28. The van der Waals surface area contributed by atoms with E-state index in [1.54, 1.807) is 24.3 Å². The van der Waals surface area contributed by atoms with Gasteiger partial charge in [-0.3, -0.25) is 5.32 Å². The molecule has 0 aliphatic rings. The van der Waals surface area contributed by atoms with Gasteiger partial charge in [-0.05, 0) is 36.4 Å². The molecule has 0 fully saturated rings. The fourth-order valence-electron chi connectivity index (χ4n) is 1.52. The predicted octanol–water partition coefficient (Wildman–Crippen LogP) is 2.49. The van der Waals surface area contributed by atoms with E-state index in [1.165, 1.54) is 12.1 Å². The normalized spacial score (nSPS) is 9.78. The van der Waals surface area contributed by atoms with E-state index in [0.29, 0.717) is 5.75 Å². The number of ether oxygens (including phenoxy) is 3. The van der Waals surface area contributed by atoms with E-state index in [2.05, 4.69) is 5.32 Å². The molecule has 0 bridgehead atoms. The van der Waals surface area contributed by atoms with Crippen molar-refractivity contribution in [2.75, 3.05) is 13.3 Å². The van der Waals surface area contributed by atoms with Gasteiger partial charge in [-0.2, -0.15) is 0 Å². The van der Waals surface area contributed by atoms with Gasteiger partial charge in [0.15, 0.2) is 13.3 Å². The van der Waals surface area contributed by atoms with Crippen LogP contribution in [-0.4, -0.2) is 25.4 Å². The minimum Gasteiger partial charge on any atom is -0.482 e. The molecule has 6 nitrogen and oxygen atoms in total. The largest absolute Gasteiger partial charge is 0.482 e. The Balaban J connectivity index is 1.63. The average molecular weight is 319 g/mol. The Bertz CT molecular complexity index is 645. The van der Waals surface area contributed by atoms with Gasteiger partial charge in [-0.25, -0.2) is 14.0 Å². The number of rotatable bonds is 6. The third-order valence-corrected chi connectivity index (χ3v) is 2.57. The van der Waals surface area contributed by atoms with Gasteiger partial charge in [0.25, 0.3) is 0 Å². The van der Waals surface area contributed by atoms with Crippen LogP contribution in [0.3, 0.4) is 0 Å². The Hall–Kier alpha value is -3.09. The van der Waals surface area contributed by atoms with E-state index in [9.17, 15) is 14.0 Å². The van der Waals surface area contributed by atoms with E-state index >= 15 is 0 Å². The third-order valence-electron chi connectivity index (χ3n) is 2.57. The first-order valence-corrected chi connectivity index (χ1v) is 6.68. The van der Waals surface area contributed by atoms with E-state index < -0.39 is 17.9 Å². The van der Waals surface area contributed by atoms with E-state index in [-0.39, 0.29) is 19.1 Å². The number of hydrogen-bond donors (Lipinski definition) is 1. The van der Waals surface area contributed by atoms with E-state index in [0.717, 1.165) is 12.1 Å². The first-order valence-electron chi connectivity index (χ1n) is 6.68. The lowest BCUT2D eigenvalue weighted by Gasteiger charge is -2.08. The molecular weight excluding hydrogens is 305 g/mol. The summed E-state index contributed by atoms with van der Waals surface area (Å²) in [5.41, 5.74) is 0. The number of hydrogen-bond acceptors (Lipinski definition) is 5. The fourth-order valence-corrected chi connectivity index (χ4v) is 1.52. The van der Waals surface area contributed by atoms with E-state index in [4.69, 9.17) is 14.2 Å². The van der Waals surface area contributed by atoms with Crippen molar-refractivity contribution in [3.8, 4) is 11.5 Å². The number of esters is 1. The minimum atomic E-state index is -0.826.